The summed E-state index contributed by atoms with van der Waals surface area (Å²) in [5.74, 6) is 0.764. The zero-order chi connectivity index (χ0) is 18.4. The number of halogens is 2. The van der Waals surface area contributed by atoms with Crippen LogP contribution in [-0.2, 0) is 6.61 Å². The molecule has 0 aliphatic carbocycles. The van der Waals surface area contributed by atoms with Crippen LogP contribution in [0.4, 0.5) is 5.69 Å². The number of nitrogens with zero attached hydrogens (tertiary/aromatic N) is 1. The van der Waals surface area contributed by atoms with E-state index in [-0.39, 0.29) is 0 Å². The van der Waals surface area contributed by atoms with Crippen molar-refractivity contribution >= 4 is 35.1 Å². The van der Waals surface area contributed by atoms with Gasteiger partial charge in [-0.25, -0.2) is 0 Å². The summed E-state index contributed by atoms with van der Waals surface area (Å²) in [7, 11) is 0. The highest BCUT2D eigenvalue weighted by atomic mass is 35.5. The molecule has 0 unspecified atom stereocenters. The van der Waals surface area contributed by atoms with Crippen LogP contribution >= 0.6 is 23.2 Å². The number of nitrogens with one attached hydrogen (secondary N) is 1. The van der Waals surface area contributed by atoms with Crippen LogP contribution in [0.5, 0.6) is 5.75 Å². The molecule has 3 aromatic rings. The minimum atomic E-state index is 0.387. The van der Waals surface area contributed by atoms with Gasteiger partial charge in [-0.05, 0) is 61.0 Å². The summed E-state index contributed by atoms with van der Waals surface area (Å²) >= 11 is 12.0. The van der Waals surface area contributed by atoms with Gasteiger partial charge in [0.05, 0.1) is 11.9 Å². The average Bonchev–Trinajstić information content (AvgIpc) is 2.64. The number of aryl methyl sites for hydroxylation is 1. The molecule has 0 bridgehead atoms. The minimum absolute atomic E-state index is 0.387. The van der Waals surface area contributed by atoms with Gasteiger partial charge >= 0.3 is 0 Å². The van der Waals surface area contributed by atoms with Gasteiger partial charge in [0.2, 0.25) is 0 Å². The Morgan fingerprint density at radius 2 is 1.69 bits per heavy atom. The van der Waals surface area contributed by atoms with Gasteiger partial charge in [-0.1, -0.05) is 47.0 Å². The standard InChI is InChI=1S/C21H18Cl2N2O/c1-15-2-8-19(9-3-15)25-24-13-16-4-10-20(11-5-16)26-14-17-6-7-18(22)12-21(17)23/h2-13,25H,14H2,1H3. The normalized spacial score (nSPS) is 10.9. The van der Waals surface area contributed by atoms with Crippen LogP contribution in [-0.4, -0.2) is 6.21 Å². The van der Waals surface area contributed by atoms with Gasteiger partial charge in [-0.15, -0.1) is 0 Å². The maximum atomic E-state index is 6.15. The Kier molecular flexibility index (Phi) is 6.16. The highest BCUT2D eigenvalue weighted by molar-refractivity contribution is 6.35. The van der Waals surface area contributed by atoms with Crippen molar-refractivity contribution in [1.29, 1.82) is 0 Å². The van der Waals surface area contributed by atoms with Crippen molar-refractivity contribution in [3.8, 4) is 5.75 Å². The summed E-state index contributed by atoms with van der Waals surface area (Å²) in [5.41, 5.74) is 7.04. The molecule has 3 nitrogen and oxygen atoms in total. The Morgan fingerprint density at radius 3 is 2.38 bits per heavy atom. The SMILES string of the molecule is Cc1ccc(NN=Cc2ccc(OCc3ccc(Cl)cc3Cl)cc2)cc1. The Hall–Kier alpha value is -2.49. The largest absolute Gasteiger partial charge is 0.489 e. The topological polar surface area (TPSA) is 33.6 Å². The number of rotatable bonds is 6. The Balaban J connectivity index is 1.54. The molecule has 0 heterocycles. The van der Waals surface area contributed by atoms with E-state index in [9.17, 15) is 0 Å². The van der Waals surface area contributed by atoms with Gasteiger partial charge in [0, 0.05) is 15.6 Å². The maximum Gasteiger partial charge on any atom is 0.119 e. The van der Waals surface area contributed by atoms with Crippen LogP contribution in [0.3, 0.4) is 0 Å². The van der Waals surface area contributed by atoms with Crippen molar-refractivity contribution in [1.82, 2.24) is 0 Å². The van der Waals surface area contributed by atoms with Crippen molar-refractivity contribution in [3.05, 3.63) is 93.5 Å². The molecule has 3 rings (SSSR count). The second kappa shape index (κ2) is 8.75. The number of ether oxygens (including phenoxy) is 1. The van der Waals surface area contributed by atoms with E-state index < -0.39 is 0 Å². The van der Waals surface area contributed by atoms with Gasteiger partial charge in [0.1, 0.15) is 12.4 Å². The third-order valence-electron chi connectivity index (χ3n) is 3.75. The molecular weight excluding hydrogens is 367 g/mol. The third-order valence-corrected chi connectivity index (χ3v) is 4.34. The summed E-state index contributed by atoms with van der Waals surface area (Å²) in [6.07, 6.45) is 1.76. The van der Waals surface area contributed by atoms with E-state index in [1.54, 1.807) is 18.3 Å². The van der Waals surface area contributed by atoms with Crippen molar-refractivity contribution in [2.24, 2.45) is 5.10 Å². The Bertz CT molecular complexity index is 891. The number of hydrazone groups is 1. The van der Waals surface area contributed by atoms with E-state index in [0.717, 1.165) is 22.6 Å². The summed E-state index contributed by atoms with van der Waals surface area (Å²) in [5, 5.41) is 5.45. The van der Waals surface area contributed by atoms with Crippen LogP contribution in [0.1, 0.15) is 16.7 Å². The summed E-state index contributed by atoms with van der Waals surface area (Å²) in [4.78, 5) is 0. The number of anilines is 1. The molecule has 0 aromatic heterocycles. The molecular formula is C21H18Cl2N2O. The molecule has 0 atom stereocenters. The van der Waals surface area contributed by atoms with Gasteiger partial charge in [0.25, 0.3) is 0 Å². The molecule has 0 radical (unpaired) electrons. The first-order valence-electron chi connectivity index (χ1n) is 8.13. The Labute approximate surface area is 163 Å². The molecule has 3 aromatic carbocycles. The van der Waals surface area contributed by atoms with Crippen molar-refractivity contribution < 1.29 is 4.74 Å². The second-order valence-corrected chi connectivity index (χ2v) is 6.67. The summed E-state index contributed by atoms with van der Waals surface area (Å²) in [6.45, 7) is 2.44. The second-order valence-electron chi connectivity index (χ2n) is 5.83. The van der Waals surface area contributed by atoms with Gasteiger partial charge in [-0.2, -0.15) is 5.10 Å². The van der Waals surface area contributed by atoms with Gasteiger partial charge in [0.15, 0.2) is 0 Å². The fourth-order valence-electron chi connectivity index (χ4n) is 2.26. The molecule has 1 N–H and O–H groups in total. The lowest BCUT2D eigenvalue weighted by molar-refractivity contribution is 0.306. The van der Waals surface area contributed by atoms with Crippen LogP contribution in [0, 0.1) is 6.92 Å². The summed E-state index contributed by atoms with van der Waals surface area (Å²) in [6, 6.07) is 21.1. The van der Waals surface area contributed by atoms with Crippen molar-refractivity contribution in [2.45, 2.75) is 13.5 Å². The van der Waals surface area contributed by atoms with E-state index in [1.165, 1.54) is 5.56 Å². The fourth-order valence-corrected chi connectivity index (χ4v) is 2.72. The van der Waals surface area contributed by atoms with E-state index in [4.69, 9.17) is 27.9 Å². The molecule has 0 fully saturated rings. The number of hydrogen-bond acceptors (Lipinski definition) is 3. The quantitative estimate of drug-likeness (QED) is 0.398. The zero-order valence-electron chi connectivity index (χ0n) is 14.2. The van der Waals surface area contributed by atoms with Crippen molar-refractivity contribution in [2.75, 3.05) is 5.43 Å². The highest BCUT2D eigenvalue weighted by Crippen LogP contribution is 2.22. The molecule has 5 heteroatoms. The average molecular weight is 385 g/mol. The number of benzene rings is 3. The van der Waals surface area contributed by atoms with E-state index >= 15 is 0 Å². The van der Waals surface area contributed by atoms with Crippen molar-refractivity contribution in [3.63, 3.8) is 0 Å². The smallest absolute Gasteiger partial charge is 0.119 e. The lowest BCUT2D eigenvalue weighted by Crippen LogP contribution is -1.96. The Morgan fingerprint density at radius 1 is 0.962 bits per heavy atom. The predicted octanol–water partition coefficient (Wildman–Crippen LogP) is 6.33. The highest BCUT2D eigenvalue weighted by Gasteiger charge is 2.02. The maximum absolute atomic E-state index is 6.15. The summed E-state index contributed by atoms with van der Waals surface area (Å²) < 4.78 is 5.77. The number of hydrogen-bond donors (Lipinski definition) is 1. The van der Waals surface area contributed by atoms with E-state index in [1.807, 2.05) is 54.6 Å². The molecule has 0 saturated heterocycles. The molecule has 26 heavy (non-hydrogen) atoms. The van der Waals surface area contributed by atoms with Gasteiger partial charge in [-0.3, -0.25) is 5.43 Å². The predicted molar refractivity (Wildman–Crippen MR) is 110 cm³/mol. The molecule has 0 aliphatic rings. The zero-order valence-corrected chi connectivity index (χ0v) is 15.8. The molecule has 0 amide bonds. The molecule has 132 valence electrons. The van der Waals surface area contributed by atoms with E-state index in [0.29, 0.717) is 16.7 Å². The van der Waals surface area contributed by atoms with E-state index in [2.05, 4.69) is 17.5 Å². The monoisotopic (exact) mass is 384 g/mol. The lowest BCUT2D eigenvalue weighted by atomic mass is 10.2. The third kappa shape index (κ3) is 5.25. The van der Waals surface area contributed by atoms with Crippen LogP contribution < -0.4 is 10.2 Å². The molecule has 0 saturated carbocycles. The lowest BCUT2D eigenvalue weighted by Gasteiger charge is -2.08. The fraction of sp³-hybridized carbons (Fsp3) is 0.0952. The molecule has 0 aliphatic heterocycles. The first-order chi connectivity index (χ1) is 12.6. The van der Waals surface area contributed by atoms with Crippen LogP contribution in [0.15, 0.2) is 71.8 Å². The molecule has 0 spiro atoms. The van der Waals surface area contributed by atoms with Gasteiger partial charge < -0.3 is 4.74 Å². The minimum Gasteiger partial charge on any atom is -0.489 e. The van der Waals surface area contributed by atoms with Crippen LogP contribution in [0.2, 0.25) is 10.0 Å². The first-order valence-corrected chi connectivity index (χ1v) is 8.88. The first kappa shape index (κ1) is 18.3. The van der Waals surface area contributed by atoms with Crippen LogP contribution in [0.25, 0.3) is 0 Å².